The Morgan fingerprint density at radius 1 is 1.46 bits per heavy atom. The fraction of sp³-hybridized carbons (Fsp3) is 0.750. The van der Waals surface area contributed by atoms with Gasteiger partial charge in [-0.05, 0) is 27.2 Å². The quantitative estimate of drug-likeness (QED) is 0.246. The Morgan fingerprint density at radius 2 is 2.21 bits per heavy atom. The van der Waals surface area contributed by atoms with E-state index in [1.54, 1.807) is 18.4 Å². The van der Waals surface area contributed by atoms with Crippen molar-refractivity contribution < 1.29 is 9.47 Å². The van der Waals surface area contributed by atoms with Crippen molar-refractivity contribution in [2.45, 2.75) is 39.8 Å². The van der Waals surface area contributed by atoms with E-state index in [1.165, 1.54) is 0 Å². The van der Waals surface area contributed by atoms with E-state index in [0.717, 1.165) is 55.9 Å². The fourth-order valence-electron chi connectivity index (χ4n) is 1.97. The molecule has 1 atom stereocenters. The number of nitrogens with zero attached hydrogens (tertiary/aromatic N) is 3. The number of aliphatic imine (C=N–C) groups is 1. The van der Waals surface area contributed by atoms with E-state index in [2.05, 4.69) is 32.5 Å². The van der Waals surface area contributed by atoms with Gasteiger partial charge >= 0.3 is 0 Å². The summed E-state index contributed by atoms with van der Waals surface area (Å²) >= 11 is 1.64. The van der Waals surface area contributed by atoms with Crippen molar-refractivity contribution in [3.05, 3.63) is 16.1 Å². The van der Waals surface area contributed by atoms with E-state index in [-0.39, 0.29) is 30.1 Å². The van der Waals surface area contributed by atoms with Crippen molar-refractivity contribution in [3.63, 3.8) is 0 Å². The highest BCUT2D eigenvalue weighted by atomic mass is 127. The second kappa shape index (κ2) is 13.8. The van der Waals surface area contributed by atoms with Crippen LogP contribution in [0.4, 0.5) is 0 Å². The second-order valence-corrected chi connectivity index (χ2v) is 6.09. The number of hydrogen-bond acceptors (Lipinski definition) is 5. The zero-order valence-electron chi connectivity index (χ0n) is 15.4. The Hall–Kier alpha value is -0.450. The van der Waals surface area contributed by atoms with E-state index in [9.17, 15) is 0 Å². The second-order valence-electron chi connectivity index (χ2n) is 5.20. The minimum Gasteiger partial charge on any atom is -0.382 e. The van der Waals surface area contributed by atoms with Gasteiger partial charge in [0.1, 0.15) is 11.1 Å². The third-order valence-electron chi connectivity index (χ3n) is 3.28. The lowest BCUT2D eigenvalue weighted by molar-refractivity contribution is 0.119. The molecule has 140 valence electrons. The van der Waals surface area contributed by atoms with Gasteiger partial charge in [0.15, 0.2) is 5.96 Å². The van der Waals surface area contributed by atoms with Crippen molar-refractivity contribution >= 4 is 41.3 Å². The van der Waals surface area contributed by atoms with Gasteiger partial charge < -0.3 is 19.7 Å². The summed E-state index contributed by atoms with van der Waals surface area (Å²) in [5.74, 6) is 0.901. The largest absolute Gasteiger partial charge is 0.382 e. The molecule has 0 aliphatic heterocycles. The van der Waals surface area contributed by atoms with E-state index in [4.69, 9.17) is 9.47 Å². The lowest BCUT2D eigenvalue weighted by atomic mass is 10.4. The number of rotatable bonds is 10. The van der Waals surface area contributed by atoms with E-state index >= 15 is 0 Å². The van der Waals surface area contributed by atoms with Crippen molar-refractivity contribution in [2.75, 3.05) is 40.5 Å². The van der Waals surface area contributed by atoms with Gasteiger partial charge in [0.05, 0.1) is 12.2 Å². The fourth-order valence-corrected chi connectivity index (χ4v) is 2.81. The summed E-state index contributed by atoms with van der Waals surface area (Å²) in [6.07, 6.45) is 0.975. The number of aromatic nitrogens is 1. The van der Waals surface area contributed by atoms with Gasteiger partial charge in [-0.1, -0.05) is 0 Å². The van der Waals surface area contributed by atoms with Crippen LogP contribution in [0, 0.1) is 0 Å². The first-order valence-electron chi connectivity index (χ1n) is 8.16. The molecule has 0 saturated heterocycles. The van der Waals surface area contributed by atoms with Crippen LogP contribution in [0.1, 0.15) is 44.0 Å². The van der Waals surface area contributed by atoms with Crippen LogP contribution in [0.5, 0.6) is 0 Å². The molecule has 0 amide bonds. The molecule has 0 fully saturated rings. The van der Waals surface area contributed by atoms with Crippen LogP contribution in [-0.4, -0.2) is 56.3 Å². The number of methoxy groups -OCH3 is 1. The summed E-state index contributed by atoms with van der Waals surface area (Å²) in [5, 5.41) is 6.41. The molecule has 1 aromatic rings. The predicted molar refractivity (Wildman–Crippen MR) is 112 cm³/mol. The Labute approximate surface area is 167 Å². The van der Waals surface area contributed by atoms with E-state index in [1.807, 2.05) is 20.9 Å². The molecule has 1 N–H and O–H groups in total. The van der Waals surface area contributed by atoms with Gasteiger partial charge in [-0.15, -0.1) is 35.3 Å². The zero-order valence-corrected chi connectivity index (χ0v) is 18.5. The lowest BCUT2D eigenvalue weighted by Gasteiger charge is -2.21. The summed E-state index contributed by atoms with van der Waals surface area (Å²) in [5.41, 5.74) is 1.04. The molecule has 0 spiro atoms. The first-order valence-corrected chi connectivity index (χ1v) is 9.04. The van der Waals surface area contributed by atoms with Crippen LogP contribution in [0.25, 0.3) is 0 Å². The molecule has 0 bridgehead atoms. The molecule has 0 aromatic carbocycles. The van der Waals surface area contributed by atoms with Crippen LogP contribution in [0.3, 0.4) is 0 Å². The van der Waals surface area contributed by atoms with Gasteiger partial charge in [-0.2, -0.15) is 0 Å². The summed E-state index contributed by atoms with van der Waals surface area (Å²) in [4.78, 5) is 11.4. The lowest BCUT2D eigenvalue weighted by Crippen LogP contribution is -2.38. The van der Waals surface area contributed by atoms with Crippen LogP contribution in [0.2, 0.25) is 0 Å². The summed E-state index contributed by atoms with van der Waals surface area (Å²) in [7, 11) is 3.73. The minimum absolute atomic E-state index is 0. The summed E-state index contributed by atoms with van der Waals surface area (Å²) in [6, 6.07) is 0. The Morgan fingerprint density at radius 3 is 2.83 bits per heavy atom. The monoisotopic (exact) mass is 470 g/mol. The third kappa shape index (κ3) is 8.59. The summed E-state index contributed by atoms with van der Waals surface area (Å²) in [6.45, 7) is 9.94. The van der Waals surface area contributed by atoms with Gasteiger partial charge in [0, 0.05) is 45.8 Å². The maximum Gasteiger partial charge on any atom is 0.194 e. The molecule has 0 aliphatic rings. The molecule has 1 rings (SSSR count). The average molecular weight is 470 g/mol. The van der Waals surface area contributed by atoms with Crippen molar-refractivity contribution in [1.29, 1.82) is 0 Å². The SMILES string of the molecule is CCNC(=NCCCOCC)N(C)Cc1csc(C(C)OC)n1.I. The van der Waals surface area contributed by atoms with Gasteiger partial charge in [0.25, 0.3) is 0 Å². The van der Waals surface area contributed by atoms with Gasteiger partial charge in [-0.25, -0.2) is 4.98 Å². The molecule has 1 heterocycles. The molecule has 1 unspecified atom stereocenters. The highest BCUT2D eigenvalue weighted by Crippen LogP contribution is 2.20. The molecular weight excluding hydrogens is 439 g/mol. The molecule has 0 aliphatic carbocycles. The maximum atomic E-state index is 5.34. The van der Waals surface area contributed by atoms with Crippen LogP contribution in [0.15, 0.2) is 10.4 Å². The number of nitrogens with one attached hydrogen (secondary N) is 1. The third-order valence-corrected chi connectivity index (χ3v) is 4.33. The topological polar surface area (TPSA) is 59.0 Å². The molecule has 6 nitrogen and oxygen atoms in total. The molecule has 24 heavy (non-hydrogen) atoms. The molecule has 1 aromatic heterocycles. The smallest absolute Gasteiger partial charge is 0.194 e. The van der Waals surface area contributed by atoms with E-state index in [0.29, 0.717) is 0 Å². The van der Waals surface area contributed by atoms with Crippen LogP contribution < -0.4 is 5.32 Å². The first kappa shape index (κ1) is 23.5. The average Bonchev–Trinajstić information content (AvgIpc) is 3.01. The predicted octanol–water partition coefficient (Wildman–Crippen LogP) is 3.29. The molecular formula is C16H31IN4O2S. The number of hydrogen-bond donors (Lipinski definition) is 1. The van der Waals surface area contributed by atoms with Crippen LogP contribution >= 0.6 is 35.3 Å². The highest BCUT2D eigenvalue weighted by Gasteiger charge is 2.12. The van der Waals surface area contributed by atoms with Crippen molar-refractivity contribution in [1.82, 2.24) is 15.2 Å². The standard InChI is InChI=1S/C16H30N4O2S.HI/c1-6-17-16(18-9-8-10-22-7-2)20(4)11-14-12-23-15(19-14)13(3)21-5;/h12-13H,6-11H2,1-5H3,(H,17,18);1H. The highest BCUT2D eigenvalue weighted by molar-refractivity contribution is 14.0. The molecule has 0 saturated carbocycles. The first-order chi connectivity index (χ1) is 11.1. The van der Waals surface area contributed by atoms with Gasteiger partial charge in [0.2, 0.25) is 0 Å². The number of ether oxygens (including phenoxy) is 2. The molecule has 0 radical (unpaired) electrons. The van der Waals surface area contributed by atoms with Crippen molar-refractivity contribution in [3.8, 4) is 0 Å². The van der Waals surface area contributed by atoms with E-state index < -0.39 is 0 Å². The van der Waals surface area contributed by atoms with Crippen molar-refractivity contribution in [2.24, 2.45) is 4.99 Å². The normalized spacial score (nSPS) is 12.6. The molecule has 8 heteroatoms. The Bertz CT molecular complexity index is 471. The van der Waals surface area contributed by atoms with Crippen LogP contribution in [-0.2, 0) is 16.0 Å². The zero-order chi connectivity index (χ0) is 17.1. The Kier molecular flexibility index (Phi) is 13.5. The number of halogens is 1. The number of thiazole rings is 1. The number of guanidine groups is 1. The maximum absolute atomic E-state index is 5.34. The minimum atomic E-state index is 0. The van der Waals surface area contributed by atoms with Gasteiger partial charge in [-0.3, -0.25) is 4.99 Å². The summed E-state index contributed by atoms with van der Waals surface area (Å²) < 4.78 is 10.7. The Balaban J connectivity index is 0.00000529.